The number of carbonyl (C=O) groups excluding carboxylic acids is 2. The topological polar surface area (TPSA) is 46.6 Å². The summed E-state index contributed by atoms with van der Waals surface area (Å²) in [6.45, 7) is 0.300. The van der Waals surface area contributed by atoms with Crippen LogP contribution < -0.4 is 0 Å². The van der Waals surface area contributed by atoms with Crippen molar-refractivity contribution in [3.05, 3.63) is 84.1 Å². The first-order chi connectivity index (χ1) is 12.2. The van der Waals surface area contributed by atoms with Gasteiger partial charge in [0.05, 0.1) is 18.7 Å². The molecule has 0 aromatic heterocycles. The molecule has 2 fully saturated rings. The molecule has 1 aliphatic carbocycles. The van der Waals surface area contributed by atoms with Gasteiger partial charge in [-0.1, -0.05) is 60.7 Å². The lowest BCUT2D eigenvalue weighted by Gasteiger charge is -2.49. The lowest BCUT2D eigenvalue weighted by molar-refractivity contribution is -0.164. The molecule has 4 unspecified atom stereocenters. The van der Waals surface area contributed by atoms with Gasteiger partial charge in [0, 0.05) is 11.8 Å². The van der Waals surface area contributed by atoms with Crippen molar-refractivity contribution < 1.29 is 14.3 Å². The van der Waals surface area contributed by atoms with Crippen LogP contribution in [0.25, 0.3) is 0 Å². The third-order valence-electron chi connectivity index (χ3n) is 5.73. The van der Waals surface area contributed by atoms with E-state index in [-0.39, 0.29) is 23.7 Å². The molecule has 2 amide bonds. The first kappa shape index (κ1) is 14.5. The summed E-state index contributed by atoms with van der Waals surface area (Å²) in [6, 6.07) is 19.6. The molecular weight excluding hydrogens is 314 g/mol. The highest BCUT2D eigenvalue weighted by Crippen LogP contribution is 2.64. The molecule has 1 spiro atoms. The van der Waals surface area contributed by atoms with Crippen LogP contribution in [0.15, 0.2) is 73.0 Å². The van der Waals surface area contributed by atoms with E-state index in [0.717, 1.165) is 11.1 Å². The molecule has 1 saturated heterocycles. The third kappa shape index (κ3) is 1.77. The number of carbonyl (C=O) groups is 2. The maximum Gasteiger partial charge on any atom is 0.275 e. The van der Waals surface area contributed by atoms with Gasteiger partial charge in [0.2, 0.25) is 11.5 Å². The summed E-state index contributed by atoms with van der Waals surface area (Å²) < 4.78 is 5.77. The maximum atomic E-state index is 13.1. The molecule has 2 aliphatic heterocycles. The van der Waals surface area contributed by atoms with Crippen LogP contribution >= 0.6 is 0 Å². The van der Waals surface area contributed by atoms with Crippen molar-refractivity contribution in [1.29, 1.82) is 0 Å². The van der Waals surface area contributed by atoms with Crippen molar-refractivity contribution in [3.63, 3.8) is 0 Å². The van der Waals surface area contributed by atoms with Crippen molar-refractivity contribution in [2.24, 2.45) is 11.8 Å². The smallest absolute Gasteiger partial charge is 0.275 e. The Labute approximate surface area is 145 Å². The number of rotatable bonds is 3. The molecule has 5 rings (SSSR count). The van der Waals surface area contributed by atoms with Gasteiger partial charge < -0.3 is 4.74 Å². The van der Waals surface area contributed by atoms with E-state index in [1.807, 2.05) is 66.7 Å². The van der Waals surface area contributed by atoms with E-state index in [1.165, 1.54) is 4.90 Å². The van der Waals surface area contributed by atoms with Crippen LogP contribution in [0, 0.1) is 11.8 Å². The predicted octanol–water partition coefficient (Wildman–Crippen LogP) is 2.87. The summed E-state index contributed by atoms with van der Waals surface area (Å²) >= 11 is 0. The van der Waals surface area contributed by atoms with Gasteiger partial charge in [-0.05, 0) is 17.2 Å². The van der Waals surface area contributed by atoms with Crippen LogP contribution in [-0.4, -0.2) is 22.3 Å². The second kappa shape index (κ2) is 5.06. The summed E-state index contributed by atoms with van der Waals surface area (Å²) in [5.74, 6) is -0.836. The molecule has 1 saturated carbocycles. The number of amides is 2. The fraction of sp³-hybridized carbons (Fsp3) is 0.238. The van der Waals surface area contributed by atoms with Gasteiger partial charge in [-0.3, -0.25) is 14.5 Å². The average Bonchev–Trinajstić information content (AvgIpc) is 3.07. The van der Waals surface area contributed by atoms with E-state index >= 15 is 0 Å². The fourth-order valence-electron chi connectivity index (χ4n) is 4.61. The SMILES string of the molecule is O=C1C2C(c3ccccc3)C3C=COC32C(=O)N1Cc1ccccc1. The normalized spacial score (nSPS) is 32.2. The zero-order valence-corrected chi connectivity index (χ0v) is 13.5. The van der Waals surface area contributed by atoms with Crippen molar-refractivity contribution in [1.82, 2.24) is 4.90 Å². The average molecular weight is 331 g/mol. The summed E-state index contributed by atoms with van der Waals surface area (Å²) in [4.78, 5) is 27.6. The second-order valence-corrected chi connectivity index (χ2v) is 6.89. The minimum absolute atomic E-state index is 0.00262. The number of nitrogens with zero attached hydrogens (tertiary/aromatic N) is 1. The van der Waals surface area contributed by atoms with Crippen molar-refractivity contribution >= 4 is 11.8 Å². The van der Waals surface area contributed by atoms with Crippen LogP contribution in [0.5, 0.6) is 0 Å². The molecule has 4 nitrogen and oxygen atoms in total. The summed E-state index contributed by atoms with van der Waals surface area (Å²) in [5, 5.41) is 0. The molecule has 25 heavy (non-hydrogen) atoms. The Morgan fingerprint density at radius 3 is 2.36 bits per heavy atom. The summed E-state index contributed by atoms with van der Waals surface area (Å²) in [6.07, 6.45) is 3.53. The number of imide groups is 1. The van der Waals surface area contributed by atoms with Gasteiger partial charge in [-0.15, -0.1) is 0 Å². The Hall–Kier alpha value is -2.88. The van der Waals surface area contributed by atoms with E-state index in [1.54, 1.807) is 6.26 Å². The number of hydrogen-bond acceptors (Lipinski definition) is 3. The molecule has 0 radical (unpaired) electrons. The lowest BCUT2D eigenvalue weighted by atomic mass is 9.53. The van der Waals surface area contributed by atoms with Gasteiger partial charge in [0.15, 0.2) is 0 Å². The number of hydrogen-bond donors (Lipinski definition) is 0. The Morgan fingerprint density at radius 2 is 1.64 bits per heavy atom. The van der Waals surface area contributed by atoms with E-state index in [9.17, 15) is 9.59 Å². The molecule has 0 bridgehead atoms. The van der Waals surface area contributed by atoms with Crippen LogP contribution in [0.3, 0.4) is 0 Å². The van der Waals surface area contributed by atoms with Gasteiger partial charge >= 0.3 is 0 Å². The maximum absolute atomic E-state index is 13.1. The molecule has 0 N–H and O–H groups in total. The van der Waals surface area contributed by atoms with E-state index in [4.69, 9.17) is 4.74 Å². The van der Waals surface area contributed by atoms with Crippen LogP contribution in [0.2, 0.25) is 0 Å². The van der Waals surface area contributed by atoms with E-state index < -0.39 is 11.5 Å². The van der Waals surface area contributed by atoms with Crippen LogP contribution in [0.4, 0.5) is 0 Å². The third-order valence-corrected chi connectivity index (χ3v) is 5.73. The van der Waals surface area contributed by atoms with Gasteiger partial charge in [-0.2, -0.15) is 0 Å². The number of benzene rings is 2. The predicted molar refractivity (Wildman–Crippen MR) is 91.1 cm³/mol. The minimum Gasteiger partial charge on any atom is -0.484 e. The number of ether oxygens (including phenoxy) is 1. The zero-order chi connectivity index (χ0) is 17.0. The first-order valence-electron chi connectivity index (χ1n) is 8.52. The second-order valence-electron chi connectivity index (χ2n) is 6.89. The Morgan fingerprint density at radius 1 is 0.960 bits per heavy atom. The molecule has 2 aromatic rings. The summed E-state index contributed by atoms with van der Waals surface area (Å²) in [5.41, 5.74) is 1.01. The Bertz CT molecular complexity index is 877. The fourth-order valence-corrected chi connectivity index (χ4v) is 4.61. The number of likely N-dealkylation sites (tertiary alicyclic amines) is 1. The minimum atomic E-state index is -1.02. The first-order valence-corrected chi connectivity index (χ1v) is 8.52. The van der Waals surface area contributed by atoms with E-state index in [2.05, 4.69) is 0 Å². The van der Waals surface area contributed by atoms with Gasteiger partial charge in [-0.25, -0.2) is 0 Å². The highest BCUT2D eigenvalue weighted by Gasteiger charge is 2.77. The summed E-state index contributed by atoms with van der Waals surface area (Å²) in [7, 11) is 0. The highest BCUT2D eigenvalue weighted by molar-refractivity contribution is 6.12. The van der Waals surface area contributed by atoms with Crippen LogP contribution in [0.1, 0.15) is 17.0 Å². The largest absolute Gasteiger partial charge is 0.484 e. The van der Waals surface area contributed by atoms with Crippen LogP contribution in [-0.2, 0) is 20.9 Å². The molecule has 4 atom stereocenters. The van der Waals surface area contributed by atoms with Crippen molar-refractivity contribution in [2.75, 3.05) is 0 Å². The zero-order valence-electron chi connectivity index (χ0n) is 13.5. The monoisotopic (exact) mass is 331 g/mol. The molecular formula is C21H17NO3. The molecule has 3 aliphatic rings. The Kier molecular flexibility index (Phi) is 2.93. The lowest BCUT2D eigenvalue weighted by Crippen LogP contribution is -2.61. The Balaban J connectivity index is 1.52. The van der Waals surface area contributed by atoms with Crippen molar-refractivity contribution in [2.45, 2.75) is 18.1 Å². The molecule has 2 aromatic carbocycles. The molecule has 124 valence electrons. The molecule has 2 heterocycles. The quantitative estimate of drug-likeness (QED) is 0.813. The van der Waals surface area contributed by atoms with Gasteiger partial charge in [0.25, 0.3) is 5.91 Å². The van der Waals surface area contributed by atoms with E-state index in [0.29, 0.717) is 6.54 Å². The highest BCUT2D eigenvalue weighted by atomic mass is 16.5. The van der Waals surface area contributed by atoms with Crippen molar-refractivity contribution in [3.8, 4) is 0 Å². The molecule has 4 heteroatoms. The van der Waals surface area contributed by atoms with Gasteiger partial charge in [0.1, 0.15) is 0 Å². The standard InChI is InChI=1S/C21H17NO3/c23-19-18-17(15-9-5-2-6-10-15)16-11-12-25-21(16,18)20(24)22(19)13-14-7-3-1-4-8-14/h1-12,16-18H,13H2.